The molecule has 0 saturated heterocycles. The van der Waals surface area contributed by atoms with Crippen LogP contribution in [0.2, 0.25) is 0 Å². The number of thioether (sulfide) groups is 1. The fourth-order valence-corrected chi connectivity index (χ4v) is 4.85. The van der Waals surface area contributed by atoms with Gasteiger partial charge >= 0.3 is 0 Å². The first-order valence-corrected chi connectivity index (χ1v) is 10.9. The molecular formula is C21H21N3OS2. The fourth-order valence-electron chi connectivity index (χ4n) is 3.15. The highest BCUT2D eigenvalue weighted by Gasteiger charge is 2.14. The summed E-state index contributed by atoms with van der Waals surface area (Å²) in [6.07, 6.45) is 3.66. The van der Waals surface area contributed by atoms with Gasteiger partial charge in [-0.3, -0.25) is 4.79 Å². The Morgan fingerprint density at radius 3 is 2.78 bits per heavy atom. The Bertz CT molecular complexity index is 950. The number of carbonyl (C=O) groups is 1. The van der Waals surface area contributed by atoms with Crippen LogP contribution in [0.5, 0.6) is 0 Å². The summed E-state index contributed by atoms with van der Waals surface area (Å²) in [5.41, 5.74) is 5.25. The SMILES string of the molecule is Cc1ccc(CNC(=O)c2nnc(CSc3ccc4c(c3)CCC4)s2)cc1. The zero-order valence-electron chi connectivity index (χ0n) is 15.2. The van der Waals surface area contributed by atoms with Gasteiger partial charge in [0.15, 0.2) is 0 Å². The minimum Gasteiger partial charge on any atom is -0.346 e. The van der Waals surface area contributed by atoms with Crippen molar-refractivity contribution in [2.45, 2.75) is 43.4 Å². The molecule has 1 aliphatic rings. The van der Waals surface area contributed by atoms with Crippen LogP contribution in [0, 0.1) is 6.92 Å². The highest BCUT2D eigenvalue weighted by Crippen LogP contribution is 2.30. The van der Waals surface area contributed by atoms with Gasteiger partial charge in [0.1, 0.15) is 5.01 Å². The Morgan fingerprint density at radius 1 is 1.11 bits per heavy atom. The van der Waals surface area contributed by atoms with E-state index in [1.54, 1.807) is 11.8 Å². The Labute approximate surface area is 167 Å². The molecule has 4 rings (SSSR count). The number of hydrogen-bond acceptors (Lipinski definition) is 5. The summed E-state index contributed by atoms with van der Waals surface area (Å²) in [6, 6.07) is 14.9. The number of fused-ring (bicyclic) bond motifs is 1. The molecule has 1 amide bonds. The Hall–Kier alpha value is -2.18. The van der Waals surface area contributed by atoms with Gasteiger partial charge in [0, 0.05) is 11.4 Å². The van der Waals surface area contributed by atoms with Crippen molar-refractivity contribution in [3.8, 4) is 0 Å². The quantitative estimate of drug-likeness (QED) is 0.622. The van der Waals surface area contributed by atoms with Gasteiger partial charge in [-0.05, 0) is 55.0 Å². The number of rotatable bonds is 6. The van der Waals surface area contributed by atoms with Crippen LogP contribution >= 0.6 is 23.1 Å². The molecule has 4 nitrogen and oxygen atoms in total. The van der Waals surface area contributed by atoms with E-state index in [9.17, 15) is 4.79 Å². The number of carbonyl (C=O) groups excluding carboxylic acids is 1. The number of benzene rings is 2. The fraction of sp³-hybridized carbons (Fsp3) is 0.286. The standard InChI is InChI=1S/C21H21N3OS2/c1-14-5-7-15(8-6-14)12-22-20(25)21-24-23-19(27-21)13-26-18-10-9-16-3-2-4-17(16)11-18/h5-11H,2-4,12-13H2,1H3,(H,22,25). The lowest BCUT2D eigenvalue weighted by atomic mass is 10.1. The molecule has 0 unspecified atom stereocenters. The number of hydrogen-bond donors (Lipinski definition) is 1. The van der Waals surface area contributed by atoms with E-state index in [4.69, 9.17) is 0 Å². The van der Waals surface area contributed by atoms with Crippen LogP contribution in [0.25, 0.3) is 0 Å². The molecule has 6 heteroatoms. The lowest BCUT2D eigenvalue weighted by Crippen LogP contribution is -2.22. The summed E-state index contributed by atoms with van der Waals surface area (Å²) in [4.78, 5) is 13.6. The minimum absolute atomic E-state index is 0.165. The minimum atomic E-state index is -0.165. The second kappa shape index (κ2) is 8.23. The zero-order valence-corrected chi connectivity index (χ0v) is 16.8. The third-order valence-electron chi connectivity index (χ3n) is 4.67. The molecule has 0 bridgehead atoms. The average molecular weight is 396 g/mol. The number of amides is 1. The molecule has 138 valence electrons. The lowest BCUT2D eigenvalue weighted by molar-refractivity contribution is 0.0950. The molecule has 0 fully saturated rings. The van der Waals surface area contributed by atoms with Crippen LogP contribution in [0.4, 0.5) is 0 Å². The molecule has 0 spiro atoms. The van der Waals surface area contributed by atoms with Gasteiger partial charge in [-0.1, -0.05) is 47.2 Å². The second-order valence-corrected chi connectivity index (χ2v) is 8.85. The van der Waals surface area contributed by atoms with E-state index in [2.05, 4.69) is 33.7 Å². The third kappa shape index (κ3) is 4.57. The molecule has 27 heavy (non-hydrogen) atoms. The molecule has 3 aromatic rings. The van der Waals surface area contributed by atoms with E-state index in [1.807, 2.05) is 31.2 Å². The monoisotopic (exact) mass is 395 g/mol. The normalized spacial score (nSPS) is 12.8. The molecule has 1 heterocycles. The van der Waals surface area contributed by atoms with Crippen molar-refractivity contribution >= 4 is 29.0 Å². The van der Waals surface area contributed by atoms with E-state index in [0.717, 1.165) is 16.3 Å². The van der Waals surface area contributed by atoms with Crippen molar-refractivity contribution in [1.29, 1.82) is 0 Å². The maximum absolute atomic E-state index is 12.3. The summed E-state index contributed by atoms with van der Waals surface area (Å²) >= 11 is 3.12. The van der Waals surface area contributed by atoms with E-state index in [-0.39, 0.29) is 5.91 Å². The van der Waals surface area contributed by atoms with Crippen LogP contribution < -0.4 is 5.32 Å². The predicted octanol–water partition coefficient (Wildman–Crippen LogP) is 4.56. The van der Waals surface area contributed by atoms with Crippen molar-refractivity contribution in [3.05, 3.63) is 74.7 Å². The number of nitrogens with zero attached hydrogens (tertiary/aromatic N) is 2. The second-order valence-electron chi connectivity index (χ2n) is 6.74. The van der Waals surface area contributed by atoms with Crippen LogP contribution in [-0.2, 0) is 25.1 Å². The summed E-state index contributed by atoms with van der Waals surface area (Å²) in [5, 5.41) is 12.4. The predicted molar refractivity (Wildman–Crippen MR) is 110 cm³/mol. The summed E-state index contributed by atoms with van der Waals surface area (Å²) in [7, 11) is 0. The highest BCUT2D eigenvalue weighted by molar-refractivity contribution is 7.98. The first-order chi connectivity index (χ1) is 13.2. The molecular weight excluding hydrogens is 374 g/mol. The van der Waals surface area contributed by atoms with Gasteiger partial charge in [-0.15, -0.1) is 22.0 Å². The first kappa shape index (κ1) is 18.2. The molecule has 2 aromatic carbocycles. The van der Waals surface area contributed by atoms with Crippen LogP contribution in [0.15, 0.2) is 47.4 Å². The highest BCUT2D eigenvalue weighted by atomic mass is 32.2. The number of aryl methyl sites for hydroxylation is 3. The first-order valence-electron chi connectivity index (χ1n) is 9.08. The smallest absolute Gasteiger partial charge is 0.282 e. The topological polar surface area (TPSA) is 54.9 Å². The van der Waals surface area contributed by atoms with Crippen molar-refractivity contribution in [1.82, 2.24) is 15.5 Å². The van der Waals surface area contributed by atoms with Gasteiger partial charge in [0.2, 0.25) is 5.01 Å². The summed E-state index contributed by atoms with van der Waals surface area (Å²) < 4.78 is 0. The van der Waals surface area contributed by atoms with E-state index >= 15 is 0 Å². The van der Waals surface area contributed by atoms with Gasteiger partial charge in [-0.25, -0.2) is 0 Å². The van der Waals surface area contributed by atoms with Crippen molar-refractivity contribution in [2.24, 2.45) is 0 Å². The molecule has 1 aromatic heterocycles. The van der Waals surface area contributed by atoms with E-state index < -0.39 is 0 Å². The van der Waals surface area contributed by atoms with Crippen molar-refractivity contribution in [3.63, 3.8) is 0 Å². The van der Waals surface area contributed by atoms with Crippen LogP contribution in [0.1, 0.15) is 43.5 Å². The van der Waals surface area contributed by atoms with Gasteiger partial charge < -0.3 is 5.32 Å². The number of aromatic nitrogens is 2. The van der Waals surface area contributed by atoms with Crippen molar-refractivity contribution < 1.29 is 4.79 Å². The molecule has 0 saturated carbocycles. The average Bonchev–Trinajstić information content (AvgIpc) is 3.34. The largest absolute Gasteiger partial charge is 0.346 e. The molecule has 1 aliphatic carbocycles. The van der Waals surface area contributed by atoms with Gasteiger partial charge in [-0.2, -0.15) is 0 Å². The van der Waals surface area contributed by atoms with E-state index in [0.29, 0.717) is 11.6 Å². The zero-order chi connectivity index (χ0) is 18.6. The summed E-state index contributed by atoms with van der Waals surface area (Å²) in [6.45, 7) is 2.55. The molecule has 0 radical (unpaired) electrons. The van der Waals surface area contributed by atoms with Crippen molar-refractivity contribution in [2.75, 3.05) is 0 Å². The Kier molecular flexibility index (Phi) is 5.55. The lowest BCUT2D eigenvalue weighted by Gasteiger charge is -2.03. The van der Waals surface area contributed by atoms with E-state index in [1.165, 1.54) is 52.2 Å². The van der Waals surface area contributed by atoms with Gasteiger partial charge in [0.25, 0.3) is 5.91 Å². The Morgan fingerprint density at radius 2 is 1.93 bits per heavy atom. The maximum Gasteiger partial charge on any atom is 0.282 e. The van der Waals surface area contributed by atoms with Crippen LogP contribution in [-0.4, -0.2) is 16.1 Å². The van der Waals surface area contributed by atoms with Gasteiger partial charge in [0.05, 0.1) is 5.75 Å². The van der Waals surface area contributed by atoms with Crippen LogP contribution in [0.3, 0.4) is 0 Å². The third-order valence-corrected chi connectivity index (χ3v) is 6.78. The maximum atomic E-state index is 12.3. The Balaban J connectivity index is 1.31. The molecule has 0 aliphatic heterocycles. The molecule has 0 atom stereocenters. The summed E-state index contributed by atoms with van der Waals surface area (Å²) in [5.74, 6) is 0.573. The number of nitrogens with one attached hydrogen (secondary N) is 1. The molecule has 1 N–H and O–H groups in total.